The number of pyridine rings is 1. The number of hydrogen-bond acceptors (Lipinski definition) is 5. The lowest BCUT2D eigenvalue weighted by Crippen LogP contribution is -2.03. The van der Waals surface area contributed by atoms with Gasteiger partial charge in [-0.2, -0.15) is 0 Å². The Balaban J connectivity index is 2.03. The summed E-state index contributed by atoms with van der Waals surface area (Å²) < 4.78 is 5.40. The summed E-state index contributed by atoms with van der Waals surface area (Å²) in [4.78, 5) is 15.9. The lowest BCUT2D eigenvalue weighted by molar-refractivity contribution is 0.0697. The maximum absolute atomic E-state index is 10.8. The molecule has 0 aliphatic rings. The number of thiophene rings is 1. The van der Waals surface area contributed by atoms with Gasteiger partial charge in [-0.05, 0) is 25.1 Å². The molecule has 2 N–H and O–H groups in total. The van der Waals surface area contributed by atoms with Crippen LogP contribution in [0, 0.1) is 0 Å². The molecule has 0 aliphatic heterocycles. The number of nitrogens with zero attached hydrogens (tertiary/aromatic N) is 1. The van der Waals surface area contributed by atoms with Crippen LogP contribution >= 0.6 is 11.3 Å². The van der Waals surface area contributed by atoms with Gasteiger partial charge in [0.25, 0.3) is 0 Å². The molecule has 5 nitrogen and oxygen atoms in total. The zero-order valence-corrected chi connectivity index (χ0v) is 11.2. The van der Waals surface area contributed by atoms with Gasteiger partial charge >= 0.3 is 5.97 Å². The highest BCUT2D eigenvalue weighted by Gasteiger charge is 2.08. The van der Waals surface area contributed by atoms with Crippen LogP contribution in [-0.2, 0) is 6.54 Å². The van der Waals surface area contributed by atoms with E-state index in [2.05, 4.69) is 10.3 Å². The molecule has 0 bridgehead atoms. The Kier molecular flexibility index (Phi) is 4.35. The average Bonchev–Trinajstić information content (AvgIpc) is 2.87. The first-order valence-corrected chi connectivity index (χ1v) is 6.71. The Labute approximate surface area is 114 Å². The zero-order valence-electron chi connectivity index (χ0n) is 10.4. The predicted molar refractivity (Wildman–Crippen MR) is 74.0 cm³/mol. The third kappa shape index (κ3) is 3.45. The summed E-state index contributed by atoms with van der Waals surface area (Å²) in [6, 6.07) is 5.36. The lowest BCUT2D eigenvalue weighted by atomic mass is 10.3. The van der Waals surface area contributed by atoms with Crippen LogP contribution in [0.25, 0.3) is 0 Å². The Hall–Kier alpha value is -2.08. The van der Waals surface area contributed by atoms with Crippen molar-refractivity contribution in [2.24, 2.45) is 0 Å². The van der Waals surface area contributed by atoms with Gasteiger partial charge in [0.05, 0.1) is 17.9 Å². The number of rotatable bonds is 6. The van der Waals surface area contributed by atoms with Gasteiger partial charge in [0.15, 0.2) is 0 Å². The van der Waals surface area contributed by atoms with Gasteiger partial charge in [-0.25, -0.2) is 9.78 Å². The Morgan fingerprint density at radius 1 is 1.58 bits per heavy atom. The summed E-state index contributed by atoms with van der Waals surface area (Å²) in [5, 5.41) is 13.7. The van der Waals surface area contributed by atoms with E-state index in [0.29, 0.717) is 24.6 Å². The van der Waals surface area contributed by atoms with Crippen LogP contribution in [0.5, 0.6) is 5.88 Å². The van der Waals surface area contributed by atoms with E-state index in [4.69, 9.17) is 9.84 Å². The number of ether oxygens (including phenoxy) is 1. The highest BCUT2D eigenvalue weighted by molar-refractivity contribution is 7.10. The molecule has 0 spiro atoms. The molecule has 0 aromatic carbocycles. The third-order valence-corrected chi connectivity index (χ3v) is 3.34. The average molecular weight is 278 g/mol. The smallest absolute Gasteiger partial charge is 0.336 e. The lowest BCUT2D eigenvalue weighted by Gasteiger charge is -2.09. The summed E-state index contributed by atoms with van der Waals surface area (Å²) in [5.41, 5.74) is 1.12. The van der Waals surface area contributed by atoms with Gasteiger partial charge in [-0.15, -0.1) is 11.3 Å². The number of nitrogens with one attached hydrogen (secondary N) is 1. The van der Waals surface area contributed by atoms with Crippen LogP contribution in [0.2, 0.25) is 0 Å². The number of hydrogen-bond donors (Lipinski definition) is 2. The summed E-state index contributed by atoms with van der Waals surface area (Å²) in [5.74, 6) is -0.348. The van der Waals surface area contributed by atoms with Gasteiger partial charge in [0.1, 0.15) is 0 Å². The summed E-state index contributed by atoms with van der Waals surface area (Å²) in [6.45, 7) is 2.99. The fourth-order valence-electron chi connectivity index (χ4n) is 1.54. The minimum absolute atomic E-state index is 0.318. The van der Waals surface area contributed by atoms with E-state index < -0.39 is 5.97 Å². The van der Waals surface area contributed by atoms with Crippen molar-refractivity contribution < 1.29 is 14.6 Å². The molecule has 0 atom stereocenters. The van der Waals surface area contributed by atoms with Crippen LogP contribution in [0.15, 0.2) is 29.8 Å². The highest BCUT2D eigenvalue weighted by atomic mass is 32.1. The molecule has 2 heterocycles. The zero-order chi connectivity index (χ0) is 13.7. The van der Waals surface area contributed by atoms with Crippen molar-refractivity contribution in [1.82, 2.24) is 4.98 Å². The first-order chi connectivity index (χ1) is 9.20. The molecule has 19 heavy (non-hydrogen) atoms. The van der Waals surface area contributed by atoms with Crippen molar-refractivity contribution in [2.75, 3.05) is 11.9 Å². The van der Waals surface area contributed by atoms with Crippen LogP contribution in [0.1, 0.15) is 22.2 Å². The van der Waals surface area contributed by atoms with E-state index >= 15 is 0 Å². The molecule has 100 valence electrons. The third-order valence-electron chi connectivity index (χ3n) is 2.41. The molecule has 2 aromatic rings. The van der Waals surface area contributed by atoms with Gasteiger partial charge in [-0.1, -0.05) is 0 Å². The van der Waals surface area contributed by atoms with Gasteiger partial charge in [0.2, 0.25) is 5.88 Å². The highest BCUT2D eigenvalue weighted by Crippen LogP contribution is 2.22. The molecule has 2 rings (SSSR count). The fourth-order valence-corrected chi connectivity index (χ4v) is 2.34. The van der Waals surface area contributed by atoms with Gasteiger partial charge in [0, 0.05) is 23.0 Å². The minimum atomic E-state index is -0.904. The van der Waals surface area contributed by atoms with E-state index in [1.54, 1.807) is 17.6 Å². The number of carboxylic acids is 1. The quantitative estimate of drug-likeness (QED) is 0.850. The number of aromatic nitrogens is 1. The Bertz CT molecular complexity index is 569. The van der Waals surface area contributed by atoms with Crippen LogP contribution in [-0.4, -0.2) is 22.7 Å². The summed E-state index contributed by atoms with van der Waals surface area (Å²) >= 11 is 1.41. The van der Waals surface area contributed by atoms with Crippen molar-refractivity contribution in [3.05, 3.63) is 40.2 Å². The van der Waals surface area contributed by atoms with Crippen molar-refractivity contribution >= 4 is 23.0 Å². The second kappa shape index (κ2) is 6.19. The van der Waals surface area contributed by atoms with E-state index in [-0.39, 0.29) is 0 Å². The maximum Gasteiger partial charge on any atom is 0.336 e. The van der Waals surface area contributed by atoms with Gasteiger partial charge < -0.3 is 15.2 Å². The maximum atomic E-state index is 10.8. The van der Waals surface area contributed by atoms with Crippen LogP contribution < -0.4 is 10.1 Å². The summed E-state index contributed by atoms with van der Waals surface area (Å²) in [7, 11) is 0. The molecule has 0 saturated carbocycles. The molecule has 0 amide bonds. The molecule has 0 aliphatic carbocycles. The largest absolute Gasteiger partial charge is 0.478 e. The van der Waals surface area contributed by atoms with Crippen molar-refractivity contribution in [3.8, 4) is 5.88 Å². The predicted octanol–water partition coefficient (Wildman–Crippen LogP) is 2.85. The van der Waals surface area contributed by atoms with E-state index in [1.807, 2.05) is 19.1 Å². The monoisotopic (exact) mass is 278 g/mol. The van der Waals surface area contributed by atoms with Crippen LogP contribution in [0.3, 0.4) is 0 Å². The second-order valence-electron chi connectivity index (χ2n) is 3.75. The first kappa shape index (κ1) is 13.4. The number of anilines is 1. The second-order valence-corrected chi connectivity index (χ2v) is 4.75. The van der Waals surface area contributed by atoms with Crippen LogP contribution in [0.4, 0.5) is 5.69 Å². The van der Waals surface area contributed by atoms with E-state index in [0.717, 1.165) is 10.6 Å². The molecule has 2 aromatic heterocycles. The number of aromatic carboxylic acids is 1. The molecule has 6 heteroatoms. The molecule has 0 unspecified atom stereocenters. The molecule has 0 saturated heterocycles. The standard InChI is InChI=1S/C13H14N2O3S/c1-2-18-12-11(4-3-5-14-12)15-7-10-6-9(8-19-10)13(16)17/h3-6,8,15H,2,7H2,1H3,(H,16,17). The summed E-state index contributed by atoms with van der Waals surface area (Å²) in [6.07, 6.45) is 1.67. The van der Waals surface area contributed by atoms with Crippen molar-refractivity contribution in [2.45, 2.75) is 13.5 Å². The minimum Gasteiger partial charge on any atom is -0.478 e. The Morgan fingerprint density at radius 2 is 2.42 bits per heavy atom. The number of carbonyl (C=O) groups is 1. The number of carboxylic acid groups (broad SMARTS) is 1. The first-order valence-electron chi connectivity index (χ1n) is 5.83. The molecular formula is C13H14N2O3S. The fraction of sp³-hybridized carbons (Fsp3) is 0.231. The molecular weight excluding hydrogens is 264 g/mol. The molecule has 0 fully saturated rings. The van der Waals surface area contributed by atoms with Crippen molar-refractivity contribution in [1.29, 1.82) is 0 Å². The topological polar surface area (TPSA) is 71.5 Å². The van der Waals surface area contributed by atoms with Gasteiger partial charge in [-0.3, -0.25) is 0 Å². The normalized spacial score (nSPS) is 10.2. The van der Waals surface area contributed by atoms with Crippen molar-refractivity contribution in [3.63, 3.8) is 0 Å². The molecule has 0 radical (unpaired) electrons. The van der Waals surface area contributed by atoms with E-state index in [9.17, 15) is 4.79 Å². The van der Waals surface area contributed by atoms with E-state index in [1.165, 1.54) is 11.3 Å². The Morgan fingerprint density at radius 3 is 3.11 bits per heavy atom. The SMILES string of the molecule is CCOc1ncccc1NCc1cc(C(=O)O)cs1.